The minimum absolute atomic E-state index is 0.168. The maximum absolute atomic E-state index is 12.1. The molecule has 9 heteroatoms. The third-order valence-corrected chi connectivity index (χ3v) is 5.81. The van der Waals surface area contributed by atoms with Gasteiger partial charge in [0.05, 0.1) is 6.54 Å². The van der Waals surface area contributed by atoms with Crippen LogP contribution >= 0.6 is 0 Å². The second-order valence-corrected chi connectivity index (χ2v) is 7.92. The number of nitrogens with one attached hydrogen (secondary N) is 3. The summed E-state index contributed by atoms with van der Waals surface area (Å²) >= 11 is 0. The molecule has 0 amide bonds. The lowest BCUT2D eigenvalue weighted by Crippen LogP contribution is -2.42. The molecule has 1 saturated heterocycles. The highest BCUT2D eigenvalue weighted by Gasteiger charge is 2.22. The van der Waals surface area contributed by atoms with E-state index in [0.717, 1.165) is 32.1 Å². The van der Waals surface area contributed by atoms with Gasteiger partial charge >= 0.3 is 0 Å². The van der Waals surface area contributed by atoms with E-state index in [1.807, 2.05) is 6.92 Å². The number of hydrogen-bond donors (Lipinski definition) is 3. The topological polar surface area (TPSA) is 98.7 Å². The van der Waals surface area contributed by atoms with Crippen LogP contribution in [0.2, 0.25) is 0 Å². The summed E-state index contributed by atoms with van der Waals surface area (Å²) in [5, 5.41) is 6.38. The van der Waals surface area contributed by atoms with Crippen molar-refractivity contribution in [3.8, 4) is 0 Å². The van der Waals surface area contributed by atoms with Crippen molar-refractivity contribution in [2.75, 3.05) is 39.3 Å². The fourth-order valence-electron chi connectivity index (χ4n) is 3.01. The number of likely N-dealkylation sites (tertiary alicyclic amines) is 1. The molecule has 1 fully saturated rings. The van der Waals surface area contributed by atoms with Crippen LogP contribution in [0, 0.1) is 0 Å². The van der Waals surface area contributed by atoms with Gasteiger partial charge in [-0.25, -0.2) is 13.1 Å². The Balaban J connectivity index is 1.80. The third-order valence-electron chi connectivity index (χ3n) is 4.36. The zero-order valence-corrected chi connectivity index (χ0v) is 16.4. The van der Waals surface area contributed by atoms with E-state index in [-0.39, 0.29) is 11.4 Å². The molecule has 3 N–H and O–H groups in total. The van der Waals surface area contributed by atoms with Gasteiger partial charge in [0.1, 0.15) is 4.90 Å². The predicted octanol–water partition coefficient (Wildman–Crippen LogP) is 0.399. The monoisotopic (exact) mass is 382 g/mol. The summed E-state index contributed by atoms with van der Waals surface area (Å²) in [6.45, 7) is 8.63. The molecule has 1 atom stereocenters. The van der Waals surface area contributed by atoms with Gasteiger partial charge in [-0.3, -0.25) is 14.9 Å². The fourth-order valence-corrected chi connectivity index (χ4v) is 4.01. The van der Waals surface area contributed by atoms with E-state index in [0.29, 0.717) is 12.6 Å². The Morgan fingerprint density at radius 3 is 2.88 bits per heavy atom. The molecule has 1 unspecified atom stereocenters. The van der Waals surface area contributed by atoms with Crippen molar-refractivity contribution in [3.05, 3.63) is 24.5 Å². The number of rotatable bonds is 9. The van der Waals surface area contributed by atoms with E-state index in [4.69, 9.17) is 0 Å². The first-order chi connectivity index (χ1) is 12.6. The number of likely N-dealkylation sites (N-methyl/N-ethyl adjacent to an activating group) is 1. The van der Waals surface area contributed by atoms with Crippen molar-refractivity contribution in [1.29, 1.82) is 0 Å². The van der Waals surface area contributed by atoms with Crippen molar-refractivity contribution >= 4 is 16.0 Å². The third kappa shape index (κ3) is 6.22. The Kier molecular flexibility index (Phi) is 8.27. The summed E-state index contributed by atoms with van der Waals surface area (Å²) in [4.78, 5) is 11.1. The van der Waals surface area contributed by atoms with Gasteiger partial charge in [0.15, 0.2) is 5.96 Å². The average Bonchev–Trinajstić information content (AvgIpc) is 3.11. The van der Waals surface area contributed by atoms with E-state index >= 15 is 0 Å². The zero-order valence-electron chi connectivity index (χ0n) is 15.6. The van der Waals surface area contributed by atoms with Crippen LogP contribution in [0.3, 0.4) is 0 Å². The highest BCUT2D eigenvalue weighted by Crippen LogP contribution is 2.16. The fraction of sp³-hybridized carbons (Fsp3) is 0.647. The lowest BCUT2D eigenvalue weighted by atomic mass is 10.2. The zero-order chi connectivity index (χ0) is 18.8. The largest absolute Gasteiger partial charge is 0.357 e. The van der Waals surface area contributed by atoms with Crippen molar-refractivity contribution in [2.24, 2.45) is 4.99 Å². The lowest BCUT2D eigenvalue weighted by Gasteiger charge is -2.21. The summed E-state index contributed by atoms with van der Waals surface area (Å²) in [6, 6.07) is 3.63. The molecule has 0 aliphatic carbocycles. The van der Waals surface area contributed by atoms with Crippen LogP contribution in [-0.2, 0) is 10.0 Å². The van der Waals surface area contributed by atoms with Crippen molar-refractivity contribution in [2.45, 2.75) is 37.6 Å². The molecule has 0 bridgehead atoms. The molecule has 1 aliphatic rings. The van der Waals surface area contributed by atoms with Crippen LogP contribution < -0.4 is 15.4 Å². The Hall–Kier alpha value is -1.71. The molecule has 2 heterocycles. The molecule has 0 spiro atoms. The number of pyridine rings is 1. The highest BCUT2D eigenvalue weighted by atomic mass is 32.2. The maximum atomic E-state index is 12.1. The average molecular weight is 383 g/mol. The minimum Gasteiger partial charge on any atom is -0.357 e. The summed E-state index contributed by atoms with van der Waals surface area (Å²) in [5.41, 5.74) is 0. The molecule has 0 aromatic carbocycles. The van der Waals surface area contributed by atoms with E-state index < -0.39 is 10.0 Å². The minimum atomic E-state index is -3.53. The number of guanidine groups is 1. The van der Waals surface area contributed by atoms with Crippen LogP contribution in [0.1, 0.15) is 26.7 Å². The van der Waals surface area contributed by atoms with Crippen molar-refractivity contribution < 1.29 is 8.42 Å². The smallest absolute Gasteiger partial charge is 0.242 e. The summed E-state index contributed by atoms with van der Waals surface area (Å²) in [7, 11) is -3.53. The Labute approximate surface area is 156 Å². The number of nitrogens with zero attached hydrogens (tertiary/aromatic N) is 3. The summed E-state index contributed by atoms with van der Waals surface area (Å²) in [5.74, 6) is 0.719. The van der Waals surface area contributed by atoms with Gasteiger partial charge in [0.25, 0.3) is 0 Å². The highest BCUT2D eigenvalue weighted by molar-refractivity contribution is 7.89. The van der Waals surface area contributed by atoms with Crippen LogP contribution in [-0.4, -0.2) is 69.6 Å². The molecule has 0 radical (unpaired) electrons. The number of hydrogen-bond acceptors (Lipinski definition) is 5. The standard InChI is InChI=1S/C17H30N6O2S/c1-3-19-17(21-13-15-7-6-12-23(15)4-2)20-10-11-22-26(24,25)16-8-5-9-18-14-16/h5,8-9,14-15,22H,3-4,6-7,10-13H2,1-2H3,(H2,19,20,21). The summed E-state index contributed by atoms with van der Waals surface area (Å²) < 4.78 is 26.8. The number of aromatic nitrogens is 1. The maximum Gasteiger partial charge on any atom is 0.242 e. The van der Waals surface area contributed by atoms with Gasteiger partial charge in [0.2, 0.25) is 10.0 Å². The first kappa shape index (κ1) is 20.6. The summed E-state index contributed by atoms with van der Waals surface area (Å²) in [6.07, 6.45) is 5.29. The van der Waals surface area contributed by atoms with E-state index in [9.17, 15) is 8.42 Å². The number of sulfonamides is 1. The molecular weight excluding hydrogens is 352 g/mol. The normalized spacial score (nSPS) is 18.8. The quantitative estimate of drug-likeness (QED) is 0.325. The lowest BCUT2D eigenvalue weighted by molar-refractivity contribution is 0.273. The van der Waals surface area contributed by atoms with E-state index in [1.54, 1.807) is 12.3 Å². The van der Waals surface area contributed by atoms with E-state index in [1.165, 1.54) is 25.1 Å². The predicted molar refractivity (Wildman–Crippen MR) is 104 cm³/mol. The Morgan fingerprint density at radius 2 is 2.19 bits per heavy atom. The first-order valence-electron chi connectivity index (χ1n) is 9.22. The van der Waals surface area contributed by atoms with Crippen LogP contribution in [0.5, 0.6) is 0 Å². The second-order valence-electron chi connectivity index (χ2n) is 6.16. The van der Waals surface area contributed by atoms with Gasteiger partial charge in [-0.05, 0) is 45.0 Å². The molecule has 8 nitrogen and oxygen atoms in total. The van der Waals surface area contributed by atoms with E-state index in [2.05, 4.69) is 37.2 Å². The van der Waals surface area contributed by atoms with Crippen LogP contribution in [0.4, 0.5) is 0 Å². The molecule has 2 rings (SSSR count). The molecule has 1 aliphatic heterocycles. The Bertz CT molecular complexity index is 665. The van der Waals surface area contributed by atoms with Crippen molar-refractivity contribution in [1.82, 2.24) is 25.2 Å². The van der Waals surface area contributed by atoms with Crippen LogP contribution in [0.25, 0.3) is 0 Å². The molecule has 0 saturated carbocycles. The molecule has 26 heavy (non-hydrogen) atoms. The van der Waals surface area contributed by atoms with Gasteiger partial charge in [0, 0.05) is 38.1 Å². The molecule has 1 aromatic heterocycles. The van der Waals surface area contributed by atoms with Gasteiger partial charge in [-0.2, -0.15) is 0 Å². The second kappa shape index (κ2) is 10.4. The van der Waals surface area contributed by atoms with Crippen LogP contribution in [0.15, 0.2) is 34.4 Å². The number of aliphatic imine (C=N–C) groups is 1. The van der Waals surface area contributed by atoms with Crippen molar-refractivity contribution in [3.63, 3.8) is 0 Å². The molecule has 146 valence electrons. The van der Waals surface area contributed by atoms with Gasteiger partial charge < -0.3 is 10.6 Å². The molecular formula is C17H30N6O2S. The molecule has 1 aromatic rings. The van der Waals surface area contributed by atoms with Gasteiger partial charge in [-0.1, -0.05) is 6.92 Å². The first-order valence-corrected chi connectivity index (χ1v) is 10.7. The SMILES string of the molecule is CCNC(=NCC1CCCN1CC)NCCNS(=O)(=O)c1cccnc1. The Morgan fingerprint density at radius 1 is 1.35 bits per heavy atom. The van der Waals surface area contributed by atoms with Gasteiger partial charge in [-0.15, -0.1) is 0 Å².